The summed E-state index contributed by atoms with van der Waals surface area (Å²) in [6, 6.07) is 0. The summed E-state index contributed by atoms with van der Waals surface area (Å²) in [5.41, 5.74) is 1.21. The fraction of sp³-hybridized carbons (Fsp3) is 0.688. The molecule has 0 bridgehead atoms. The highest BCUT2D eigenvalue weighted by Crippen LogP contribution is 2.03. The molecule has 0 aliphatic carbocycles. The zero-order valence-corrected chi connectivity index (χ0v) is 13.6. The van der Waals surface area contributed by atoms with Gasteiger partial charge in [-0.25, -0.2) is 0 Å². The van der Waals surface area contributed by atoms with Crippen molar-refractivity contribution in [2.24, 2.45) is 4.99 Å². The average Bonchev–Trinajstić information content (AvgIpc) is 2.44. The van der Waals surface area contributed by atoms with E-state index in [4.69, 9.17) is 0 Å². The average molecular weight is 267 g/mol. The molecule has 112 valence electrons. The van der Waals surface area contributed by atoms with Crippen molar-refractivity contribution in [2.75, 3.05) is 32.7 Å². The van der Waals surface area contributed by atoms with Gasteiger partial charge in [0.25, 0.3) is 0 Å². The molecule has 0 unspecified atom stereocenters. The SMILES string of the molecule is C=CC.CC.CC=N/C(=C\CC)CN1CCNCC1. The maximum atomic E-state index is 4.38. The summed E-state index contributed by atoms with van der Waals surface area (Å²) in [5, 5.41) is 3.35. The Morgan fingerprint density at radius 3 is 2.21 bits per heavy atom. The predicted octanol–water partition coefficient (Wildman–Crippen LogP) is 3.49. The van der Waals surface area contributed by atoms with Crippen molar-refractivity contribution in [3.05, 3.63) is 24.4 Å². The lowest BCUT2D eigenvalue weighted by molar-refractivity contribution is 0.259. The second-order valence-electron chi connectivity index (χ2n) is 3.93. The third-order valence-electron chi connectivity index (χ3n) is 2.33. The van der Waals surface area contributed by atoms with Gasteiger partial charge in [0, 0.05) is 44.6 Å². The highest BCUT2D eigenvalue weighted by molar-refractivity contribution is 5.55. The first-order chi connectivity index (χ1) is 9.28. The molecule has 1 rings (SSSR count). The zero-order chi connectivity index (χ0) is 14.9. The molecular formula is C16H33N3. The number of aliphatic imine (C=N–C) groups is 1. The summed E-state index contributed by atoms with van der Waals surface area (Å²) in [7, 11) is 0. The van der Waals surface area contributed by atoms with E-state index < -0.39 is 0 Å². The third kappa shape index (κ3) is 13.3. The van der Waals surface area contributed by atoms with Crippen molar-refractivity contribution in [1.82, 2.24) is 10.2 Å². The molecule has 0 aromatic heterocycles. The normalized spacial score (nSPS) is 16.2. The molecule has 1 N–H and O–H groups in total. The van der Waals surface area contributed by atoms with Crippen LogP contribution in [-0.2, 0) is 0 Å². The smallest absolute Gasteiger partial charge is 0.0500 e. The van der Waals surface area contributed by atoms with Crippen LogP contribution in [0.3, 0.4) is 0 Å². The van der Waals surface area contributed by atoms with Gasteiger partial charge in [-0.05, 0) is 20.3 Å². The molecule has 3 heteroatoms. The minimum absolute atomic E-state index is 1.000. The van der Waals surface area contributed by atoms with Crippen LogP contribution in [-0.4, -0.2) is 43.8 Å². The van der Waals surface area contributed by atoms with Gasteiger partial charge in [0.05, 0.1) is 0 Å². The maximum Gasteiger partial charge on any atom is 0.0500 e. The van der Waals surface area contributed by atoms with Crippen molar-refractivity contribution in [3.63, 3.8) is 0 Å². The van der Waals surface area contributed by atoms with Gasteiger partial charge in [-0.3, -0.25) is 9.89 Å². The van der Waals surface area contributed by atoms with Gasteiger partial charge >= 0.3 is 0 Å². The van der Waals surface area contributed by atoms with Crippen LogP contribution in [0.1, 0.15) is 41.0 Å². The molecule has 0 saturated carbocycles. The Morgan fingerprint density at radius 2 is 1.79 bits per heavy atom. The number of nitrogens with zero attached hydrogens (tertiary/aromatic N) is 2. The summed E-state index contributed by atoms with van der Waals surface area (Å²) < 4.78 is 0. The standard InChI is InChI=1S/C11H21N3.C3H6.C2H6/c1-3-5-11(13-4-2)10-14-8-6-12-7-9-14;1-3-2;1-2/h4-5,12H,3,6-10H2,1-2H3;3H,1H2,2H3;1-2H3/b11-5-,13-4?;;. The fourth-order valence-corrected chi connectivity index (χ4v) is 1.66. The molecule has 0 radical (unpaired) electrons. The van der Waals surface area contributed by atoms with E-state index in [1.54, 1.807) is 6.08 Å². The van der Waals surface area contributed by atoms with Crippen LogP contribution < -0.4 is 5.32 Å². The number of piperazine rings is 1. The minimum Gasteiger partial charge on any atom is -0.314 e. The minimum atomic E-state index is 1.000. The van der Waals surface area contributed by atoms with Gasteiger partial charge in [0.2, 0.25) is 0 Å². The highest BCUT2D eigenvalue weighted by atomic mass is 15.2. The van der Waals surface area contributed by atoms with Crippen LogP contribution >= 0.6 is 0 Å². The van der Waals surface area contributed by atoms with Crippen molar-refractivity contribution in [2.45, 2.75) is 41.0 Å². The Morgan fingerprint density at radius 1 is 1.26 bits per heavy atom. The topological polar surface area (TPSA) is 27.6 Å². The molecule has 0 amide bonds. The van der Waals surface area contributed by atoms with E-state index in [0.29, 0.717) is 0 Å². The number of hydrogen-bond donors (Lipinski definition) is 1. The van der Waals surface area contributed by atoms with Gasteiger partial charge in [-0.2, -0.15) is 0 Å². The van der Waals surface area contributed by atoms with E-state index in [1.807, 2.05) is 33.9 Å². The molecule has 0 aromatic rings. The van der Waals surface area contributed by atoms with Gasteiger partial charge in [0.1, 0.15) is 0 Å². The second kappa shape index (κ2) is 17.1. The molecule has 3 nitrogen and oxygen atoms in total. The lowest BCUT2D eigenvalue weighted by Crippen LogP contribution is -2.44. The molecule has 0 atom stereocenters. The number of allylic oxidation sites excluding steroid dienone is 2. The monoisotopic (exact) mass is 267 g/mol. The number of hydrogen-bond acceptors (Lipinski definition) is 3. The van der Waals surface area contributed by atoms with E-state index in [0.717, 1.165) is 39.1 Å². The first kappa shape index (κ1) is 20.4. The molecule has 1 fully saturated rings. The summed E-state index contributed by atoms with van der Waals surface area (Å²) in [6.07, 6.45) is 6.91. The van der Waals surface area contributed by atoms with Crippen LogP contribution in [0.25, 0.3) is 0 Å². The second-order valence-corrected chi connectivity index (χ2v) is 3.93. The molecule has 0 spiro atoms. The summed E-state index contributed by atoms with van der Waals surface area (Å²) in [4.78, 5) is 6.83. The van der Waals surface area contributed by atoms with Crippen molar-refractivity contribution >= 4 is 6.21 Å². The Kier molecular flexibility index (Phi) is 18.3. The van der Waals surface area contributed by atoms with Crippen LogP contribution in [0.2, 0.25) is 0 Å². The van der Waals surface area contributed by atoms with E-state index in [9.17, 15) is 0 Å². The number of rotatable bonds is 4. The third-order valence-corrected chi connectivity index (χ3v) is 2.33. The van der Waals surface area contributed by atoms with Gasteiger partial charge in [-0.1, -0.05) is 32.9 Å². The van der Waals surface area contributed by atoms with Gasteiger partial charge in [0.15, 0.2) is 0 Å². The fourth-order valence-electron chi connectivity index (χ4n) is 1.66. The van der Waals surface area contributed by atoms with Crippen LogP contribution in [0.15, 0.2) is 29.4 Å². The van der Waals surface area contributed by atoms with E-state index in [2.05, 4.69) is 34.8 Å². The maximum absolute atomic E-state index is 4.38. The zero-order valence-electron chi connectivity index (χ0n) is 13.6. The lowest BCUT2D eigenvalue weighted by atomic mass is 10.3. The summed E-state index contributed by atoms with van der Waals surface area (Å²) >= 11 is 0. The molecule has 1 saturated heterocycles. The number of nitrogens with one attached hydrogen (secondary N) is 1. The Hall–Kier alpha value is -0.930. The molecule has 19 heavy (non-hydrogen) atoms. The van der Waals surface area contributed by atoms with E-state index in [1.165, 1.54) is 5.70 Å². The first-order valence-corrected chi connectivity index (χ1v) is 7.46. The molecular weight excluding hydrogens is 234 g/mol. The lowest BCUT2D eigenvalue weighted by Gasteiger charge is -2.27. The van der Waals surface area contributed by atoms with Crippen LogP contribution in [0.5, 0.6) is 0 Å². The van der Waals surface area contributed by atoms with E-state index in [-0.39, 0.29) is 0 Å². The van der Waals surface area contributed by atoms with E-state index >= 15 is 0 Å². The van der Waals surface area contributed by atoms with Crippen LogP contribution in [0.4, 0.5) is 0 Å². The van der Waals surface area contributed by atoms with Crippen LogP contribution in [0, 0.1) is 0 Å². The van der Waals surface area contributed by atoms with Crippen molar-refractivity contribution < 1.29 is 0 Å². The molecule has 0 aromatic carbocycles. The van der Waals surface area contributed by atoms with Crippen molar-refractivity contribution in [1.29, 1.82) is 0 Å². The first-order valence-electron chi connectivity index (χ1n) is 7.46. The Bertz CT molecular complexity index is 238. The quantitative estimate of drug-likeness (QED) is 0.623. The largest absolute Gasteiger partial charge is 0.314 e. The van der Waals surface area contributed by atoms with Gasteiger partial charge < -0.3 is 5.32 Å². The van der Waals surface area contributed by atoms with Crippen molar-refractivity contribution in [3.8, 4) is 0 Å². The Labute approximate surface area is 120 Å². The summed E-state index contributed by atoms with van der Waals surface area (Å²) in [5.74, 6) is 0. The molecule has 1 aliphatic rings. The summed E-state index contributed by atoms with van der Waals surface area (Å²) in [6.45, 7) is 18.9. The Balaban J connectivity index is 0. The molecule has 1 heterocycles. The predicted molar refractivity (Wildman–Crippen MR) is 89.1 cm³/mol. The highest BCUT2D eigenvalue weighted by Gasteiger charge is 2.09. The molecule has 1 aliphatic heterocycles. The van der Waals surface area contributed by atoms with Gasteiger partial charge in [-0.15, -0.1) is 6.58 Å².